The molecule has 6 nitrogen and oxygen atoms in total. The summed E-state index contributed by atoms with van der Waals surface area (Å²) in [6.07, 6.45) is 0.0682. The molecule has 2 aromatic heterocycles. The van der Waals surface area contributed by atoms with Crippen molar-refractivity contribution in [3.63, 3.8) is 0 Å². The summed E-state index contributed by atoms with van der Waals surface area (Å²) in [5, 5.41) is 2.76. The number of carbonyl (C=O) groups is 1. The van der Waals surface area contributed by atoms with Crippen molar-refractivity contribution in [2.24, 2.45) is 0 Å². The van der Waals surface area contributed by atoms with Gasteiger partial charge in [0.05, 0.1) is 6.04 Å². The van der Waals surface area contributed by atoms with Crippen molar-refractivity contribution >= 4 is 5.91 Å². The summed E-state index contributed by atoms with van der Waals surface area (Å²) in [5.74, 6) is -0.792. The van der Waals surface area contributed by atoms with Crippen LogP contribution in [0.4, 0.5) is 13.2 Å². The van der Waals surface area contributed by atoms with Crippen LogP contribution in [0.3, 0.4) is 0 Å². The van der Waals surface area contributed by atoms with Gasteiger partial charge >= 0.3 is 6.18 Å². The Labute approximate surface area is 186 Å². The molecule has 0 radical (unpaired) electrons. The number of alkyl halides is 3. The Hall–Kier alpha value is -4.27. The van der Waals surface area contributed by atoms with E-state index in [-0.39, 0.29) is 0 Å². The number of nitrogens with one attached hydrogen (secondary N) is 2. The fourth-order valence-corrected chi connectivity index (χ4v) is 3.35. The molecule has 0 fully saturated rings. The summed E-state index contributed by atoms with van der Waals surface area (Å²) < 4.78 is 38.5. The van der Waals surface area contributed by atoms with E-state index in [1.54, 1.807) is 41.6 Å². The quantitative estimate of drug-likeness (QED) is 0.473. The first-order chi connectivity index (χ1) is 15.8. The van der Waals surface area contributed by atoms with Gasteiger partial charge in [0, 0.05) is 18.0 Å². The van der Waals surface area contributed by atoms with Gasteiger partial charge in [0.1, 0.15) is 17.6 Å². The Bertz CT molecular complexity index is 1310. The van der Waals surface area contributed by atoms with E-state index in [1.165, 1.54) is 6.33 Å². The number of hydrogen-bond acceptors (Lipinski definition) is 4. The maximum absolute atomic E-state index is 12.8. The lowest BCUT2D eigenvalue weighted by Gasteiger charge is -2.20. The predicted octanol–water partition coefficient (Wildman–Crippen LogP) is 4.37. The van der Waals surface area contributed by atoms with Crippen LogP contribution in [0.15, 0.2) is 90.2 Å². The summed E-state index contributed by atoms with van der Waals surface area (Å²) in [4.78, 5) is 34.7. The highest BCUT2D eigenvalue weighted by molar-refractivity contribution is 5.94. The first-order valence-electron chi connectivity index (χ1n) is 9.84. The largest absolute Gasteiger partial charge is 0.431 e. The Kier molecular flexibility index (Phi) is 6.03. The summed E-state index contributed by atoms with van der Waals surface area (Å²) in [6.45, 7) is 0. The number of rotatable bonds is 5. The summed E-state index contributed by atoms with van der Waals surface area (Å²) in [5.41, 5.74) is 0.403. The van der Waals surface area contributed by atoms with Crippen molar-refractivity contribution in [3.8, 4) is 11.1 Å². The third-order valence-corrected chi connectivity index (χ3v) is 5.01. The molecular weight excluding hydrogens is 433 g/mol. The van der Waals surface area contributed by atoms with Gasteiger partial charge < -0.3 is 10.3 Å². The van der Waals surface area contributed by atoms with E-state index in [9.17, 15) is 22.8 Å². The molecule has 33 heavy (non-hydrogen) atoms. The van der Waals surface area contributed by atoms with Crippen LogP contribution in [-0.2, 0) is 6.18 Å². The normalized spacial score (nSPS) is 12.2. The maximum Gasteiger partial charge on any atom is 0.431 e. The van der Waals surface area contributed by atoms with E-state index in [1.807, 2.05) is 30.3 Å². The molecule has 9 heteroatoms. The lowest BCUT2D eigenvalue weighted by Crippen LogP contribution is -2.34. The van der Waals surface area contributed by atoms with Crippen molar-refractivity contribution in [3.05, 3.63) is 118 Å². The first-order valence-corrected chi connectivity index (χ1v) is 9.84. The van der Waals surface area contributed by atoms with Crippen LogP contribution in [0.25, 0.3) is 11.1 Å². The van der Waals surface area contributed by atoms with Gasteiger partial charge in [-0.3, -0.25) is 9.59 Å². The third kappa shape index (κ3) is 4.98. The molecule has 4 rings (SSSR count). The van der Waals surface area contributed by atoms with Crippen LogP contribution in [0, 0.1) is 0 Å². The Morgan fingerprint density at radius 3 is 2.09 bits per heavy atom. The average molecular weight is 450 g/mol. The average Bonchev–Trinajstić information content (AvgIpc) is 2.83. The molecule has 0 aliphatic carbocycles. The molecule has 1 unspecified atom stereocenters. The van der Waals surface area contributed by atoms with Gasteiger partial charge in [-0.2, -0.15) is 13.2 Å². The first kappa shape index (κ1) is 21.9. The summed E-state index contributed by atoms with van der Waals surface area (Å²) in [6, 6.07) is 17.3. The lowest BCUT2D eigenvalue weighted by atomic mass is 9.96. The smallest absolute Gasteiger partial charge is 0.341 e. The fraction of sp³-hybridized carbons (Fsp3) is 0.0833. The summed E-state index contributed by atoms with van der Waals surface area (Å²) >= 11 is 0. The molecule has 2 aromatic carbocycles. The van der Waals surface area contributed by atoms with Gasteiger partial charge in [0.15, 0.2) is 0 Å². The standard InChI is InChI=1S/C24H17F3N4O2/c25-24(26,27)20-11-10-19(22(32)30-20)23(33)31-21(16-4-2-1-3-5-16)17-8-6-15(7-9-17)18-12-28-14-29-13-18/h1-14,21H,(H,30,32)(H,31,33). The van der Waals surface area contributed by atoms with Crippen LogP contribution in [0.2, 0.25) is 0 Å². The van der Waals surface area contributed by atoms with Gasteiger partial charge in [-0.25, -0.2) is 9.97 Å². The number of aromatic nitrogens is 3. The number of hydrogen-bond donors (Lipinski definition) is 2. The number of carbonyl (C=O) groups excluding carboxylic acids is 1. The molecule has 0 saturated carbocycles. The molecule has 2 N–H and O–H groups in total. The second-order valence-corrected chi connectivity index (χ2v) is 7.18. The molecule has 0 spiro atoms. The molecule has 166 valence electrons. The van der Waals surface area contributed by atoms with Crippen molar-refractivity contribution in [1.29, 1.82) is 0 Å². The minimum Gasteiger partial charge on any atom is -0.341 e. The van der Waals surface area contributed by atoms with Gasteiger partial charge in [-0.1, -0.05) is 54.6 Å². The molecule has 0 bridgehead atoms. The van der Waals surface area contributed by atoms with Crippen LogP contribution in [0.5, 0.6) is 0 Å². The van der Waals surface area contributed by atoms with E-state index in [0.29, 0.717) is 6.07 Å². The second-order valence-electron chi connectivity index (χ2n) is 7.18. The molecule has 2 heterocycles. The van der Waals surface area contributed by atoms with Crippen LogP contribution in [0.1, 0.15) is 33.2 Å². The molecule has 1 amide bonds. The highest BCUT2D eigenvalue weighted by Crippen LogP contribution is 2.27. The van der Waals surface area contributed by atoms with E-state index in [4.69, 9.17) is 0 Å². The molecule has 0 aliphatic rings. The summed E-state index contributed by atoms with van der Waals surface area (Å²) in [7, 11) is 0. The monoisotopic (exact) mass is 450 g/mol. The van der Waals surface area contributed by atoms with E-state index in [0.717, 1.165) is 28.3 Å². The maximum atomic E-state index is 12.8. The van der Waals surface area contributed by atoms with Gasteiger partial charge in [0.25, 0.3) is 11.5 Å². The molecule has 4 aromatic rings. The molecule has 1 atom stereocenters. The Morgan fingerprint density at radius 1 is 0.848 bits per heavy atom. The van der Waals surface area contributed by atoms with Crippen LogP contribution >= 0.6 is 0 Å². The number of nitrogens with zero attached hydrogens (tertiary/aromatic N) is 2. The van der Waals surface area contributed by atoms with E-state index in [2.05, 4.69) is 15.3 Å². The number of amides is 1. The SMILES string of the molecule is O=C(NC(c1ccccc1)c1ccc(-c2cncnc2)cc1)c1ccc(C(F)(F)F)[nH]c1=O. The third-order valence-electron chi connectivity index (χ3n) is 5.01. The molecule has 0 saturated heterocycles. The minimum absolute atomic E-state index is 0.415. The van der Waals surface area contributed by atoms with Crippen molar-refractivity contribution < 1.29 is 18.0 Å². The Morgan fingerprint density at radius 2 is 1.48 bits per heavy atom. The predicted molar refractivity (Wildman–Crippen MR) is 115 cm³/mol. The highest BCUT2D eigenvalue weighted by Gasteiger charge is 2.32. The van der Waals surface area contributed by atoms with Gasteiger partial charge in [0.2, 0.25) is 0 Å². The minimum atomic E-state index is -4.72. The lowest BCUT2D eigenvalue weighted by molar-refractivity contribution is -0.141. The topological polar surface area (TPSA) is 87.7 Å². The fourth-order valence-electron chi connectivity index (χ4n) is 3.35. The zero-order valence-corrected chi connectivity index (χ0v) is 17.0. The molecular formula is C24H17F3N4O2. The number of aromatic amines is 1. The van der Waals surface area contributed by atoms with Crippen LogP contribution < -0.4 is 10.9 Å². The zero-order chi connectivity index (χ0) is 23.4. The van der Waals surface area contributed by atoms with E-state index < -0.39 is 34.9 Å². The molecule has 0 aliphatic heterocycles. The Balaban J connectivity index is 1.65. The number of benzene rings is 2. The second kappa shape index (κ2) is 9.07. The van der Waals surface area contributed by atoms with Crippen molar-refractivity contribution in [2.75, 3.05) is 0 Å². The van der Waals surface area contributed by atoms with Crippen molar-refractivity contribution in [1.82, 2.24) is 20.3 Å². The van der Waals surface area contributed by atoms with E-state index >= 15 is 0 Å². The zero-order valence-electron chi connectivity index (χ0n) is 17.0. The van der Waals surface area contributed by atoms with Crippen molar-refractivity contribution in [2.45, 2.75) is 12.2 Å². The number of H-pyrrole nitrogens is 1. The van der Waals surface area contributed by atoms with Gasteiger partial charge in [-0.15, -0.1) is 0 Å². The van der Waals surface area contributed by atoms with Gasteiger partial charge in [-0.05, 0) is 28.8 Å². The highest BCUT2D eigenvalue weighted by atomic mass is 19.4. The number of pyridine rings is 1. The van der Waals surface area contributed by atoms with Crippen LogP contribution in [-0.4, -0.2) is 20.9 Å². The number of halogens is 3.